The Labute approximate surface area is 115 Å². The van der Waals surface area contributed by atoms with E-state index in [1.54, 1.807) is 18.3 Å². The number of sulfonamides is 1. The number of H-pyrrole nitrogens is 1. The van der Waals surface area contributed by atoms with Crippen molar-refractivity contribution in [2.45, 2.75) is 24.8 Å². The number of hydrogen-bond acceptors (Lipinski definition) is 5. The summed E-state index contributed by atoms with van der Waals surface area (Å²) in [6.07, 6.45) is 0.641. The van der Waals surface area contributed by atoms with Crippen LogP contribution in [0.4, 0.5) is 0 Å². The molecule has 0 unspecified atom stereocenters. The molecule has 0 radical (unpaired) electrons. The Bertz CT molecular complexity index is 632. The van der Waals surface area contributed by atoms with Crippen LogP contribution in [0, 0.1) is 6.92 Å². The monoisotopic (exact) mass is 301 g/mol. The number of aliphatic hydroxyl groups excluding tert-OH is 1. The second kappa shape index (κ2) is 5.83. The van der Waals surface area contributed by atoms with Gasteiger partial charge in [-0.25, -0.2) is 13.1 Å². The van der Waals surface area contributed by atoms with Crippen molar-refractivity contribution in [3.8, 4) is 0 Å². The number of thiophene rings is 1. The zero-order valence-electron chi connectivity index (χ0n) is 10.4. The van der Waals surface area contributed by atoms with Crippen LogP contribution < -0.4 is 4.72 Å². The molecule has 0 saturated carbocycles. The van der Waals surface area contributed by atoms with E-state index >= 15 is 0 Å². The lowest BCUT2D eigenvalue weighted by Gasteiger charge is -2.06. The minimum Gasteiger partial charge on any atom is -0.390 e. The third-order valence-electron chi connectivity index (χ3n) is 2.62. The maximum atomic E-state index is 12.1. The van der Waals surface area contributed by atoms with Crippen molar-refractivity contribution in [3.63, 3.8) is 0 Å². The highest BCUT2D eigenvalue weighted by molar-refractivity contribution is 7.89. The van der Waals surface area contributed by atoms with Gasteiger partial charge in [-0.2, -0.15) is 5.10 Å². The lowest BCUT2D eigenvalue weighted by molar-refractivity contribution is 0.273. The summed E-state index contributed by atoms with van der Waals surface area (Å²) < 4.78 is 26.8. The molecule has 2 rings (SSSR count). The molecule has 8 heteroatoms. The quantitative estimate of drug-likeness (QED) is 0.735. The summed E-state index contributed by atoms with van der Waals surface area (Å²) >= 11 is 1.59. The van der Waals surface area contributed by atoms with E-state index in [4.69, 9.17) is 5.11 Å². The lowest BCUT2D eigenvalue weighted by Crippen LogP contribution is -2.27. The second-order valence-corrected chi connectivity index (χ2v) is 6.75. The maximum Gasteiger partial charge on any atom is 0.244 e. The highest BCUT2D eigenvalue weighted by atomic mass is 32.2. The van der Waals surface area contributed by atoms with E-state index in [1.165, 1.54) is 0 Å². The van der Waals surface area contributed by atoms with Gasteiger partial charge in [0.25, 0.3) is 0 Å². The summed E-state index contributed by atoms with van der Waals surface area (Å²) in [6, 6.07) is 3.89. The number of aliphatic hydroxyl groups is 1. The highest BCUT2D eigenvalue weighted by Gasteiger charge is 2.23. The number of hydrogen-bond donors (Lipinski definition) is 3. The molecule has 2 aromatic heterocycles. The van der Waals surface area contributed by atoms with Gasteiger partial charge in [0.15, 0.2) is 0 Å². The first kappa shape index (κ1) is 14.2. The molecule has 0 fully saturated rings. The molecule has 2 heterocycles. The Morgan fingerprint density at radius 3 is 2.95 bits per heavy atom. The van der Waals surface area contributed by atoms with Crippen molar-refractivity contribution < 1.29 is 13.5 Å². The Morgan fingerprint density at radius 2 is 2.32 bits per heavy atom. The van der Waals surface area contributed by atoms with Crippen LogP contribution in [-0.4, -0.2) is 30.3 Å². The normalized spacial score (nSPS) is 11.9. The molecule has 0 atom stereocenters. The molecule has 104 valence electrons. The summed E-state index contributed by atoms with van der Waals surface area (Å²) in [5, 5.41) is 17.4. The number of aromatic amines is 1. The van der Waals surface area contributed by atoms with Gasteiger partial charge in [0.05, 0.1) is 12.3 Å². The number of rotatable bonds is 6. The number of nitrogens with zero attached hydrogens (tertiary/aromatic N) is 1. The van der Waals surface area contributed by atoms with Crippen LogP contribution in [-0.2, 0) is 23.1 Å². The van der Waals surface area contributed by atoms with Gasteiger partial charge in [0.2, 0.25) is 10.0 Å². The summed E-state index contributed by atoms with van der Waals surface area (Å²) in [5.41, 5.74) is 0.564. The Hall–Kier alpha value is -1.22. The minimum atomic E-state index is -3.64. The Balaban J connectivity index is 2.07. The molecule has 0 saturated heterocycles. The number of aromatic nitrogens is 2. The summed E-state index contributed by atoms with van der Waals surface area (Å²) in [6.45, 7) is 1.52. The maximum absolute atomic E-state index is 12.1. The average molecular weight is 301 g/mol. The van der Waals surface area contributed by atoms with Crippen molar-refractivity contribution in [2.75, 3.05) is 6.54 Å². The SMILES string of the molecule is Cc1[nH]nc(CO)c1S(=O)(=O)NCCc1cccs1. The van der Waals surface area contributed by atoms with Crippen LogP contribution in [0.2, 0.25) is 0 Å². The van der Waals surface area contributed by atoms with Crippen molar-refractivity contribution in [3.05, 3.63) is 33.8 Å². The third-order valence-corrected chi connectivity index (χ3v) is 5.22. The molecule has 0 spiro atoms. The molecular weight excluding hydrogens is 286 g/mol. The first-order chi connectivity index (χ1) is 9.04. The second-order valence-electron chi connectivity index (χ2n) is 4.01. The molecule has 0 aliphatic rings. The van der Waals surface area contributed by atoms with E-state index in [1.807, 2.05) is 17.5 Å². The third kappa shape index (κ3) is 3.21. The van der Waals surface area contributed by atoms with E-state index in [2.05, 4.69) is 14.9 Å². The van der Waals surface area contributed by atoms with E-state index in [0.29, 0.717) is 18.7 Å². The van der Waals surface area contributed by atoms with Gasteiger partial charge in [-0.1, -0.05) is 6.07 Å². The van der Waals surface area contributed by atoms with Gasteiger partial charge >= 0.3 is 0 Å². The van der Waals surface area contributed by atoms with E-state index in [9.17, 15) is 8.42 Å². The van der Waals surface area contributed by atoms with Crippen LogP contribution in [0.3, 0.4) is 0 Å². The van der Waals surface area contributed by atoms with Gasteiger partial charge in [-0.05, 0) is 24.8 Å². The summed E-state index contributed by atoms with van der Waals surface area (Å²) in [4.78, 5) is 1.16. The van der Waals surface area contributed by atoms with Gasteiger partial charge in [0.1, 0.15) is 10.6 Å². The molecule has 3 N–H and O–H groups in total. The first-order valence-corrected chi connectivity index (χ1v) is 8.07. The van der Waals surface area contributed by atoms with Gasteiger partial charge in [-0.3, -0.25) is 5.10 Å². The topological polar surface area (TPSA) is 95.1 Å². The standard InChI is InChI=1S/C11H15N3O3S2/c1-8-11(10(7-15)14-13-8)19(16,17)12-5-4-9-3-2-6-18-9/h2-3,6,12,15H,4-5,7H2,1H3,(H,13,14). The lowest BCUT2D eigenvalue weighted by atomic mass is 10.3. The zero-order chi connectivity index (χ0) is 13.9. The van der Waals surface area contributed by atoms with Crippen LogP contribution in [0.5, 0.6) is 0 Å². The number of nitrogens with one attached hydrogen (secondary N) is 2. The van der Waals surface area contributed by atoms with Crippen LogP contribution in [0.25, 0.3) is 0 Å². The largest absolute Gasteiger partial charge is 0.390 e. The molecule has 0 bridgehead atoms. The van der Waals surface area contributed by atoms with Crippen molar-refractivity contribution in [1.82, 2.24) is 14.9 Å². The first-order valence-electron chi connectivity index (χ1n) is 5.71. The van der Waals surface area contributed by atoms with Gasteiger partial charge in [0, 0.05) is 11.4 Å². The van der Waals surface area contributed by atoms with Crippen molar-refractivity contribution in [1.29, 1.82) is 0 Å². The Kier molecular flexibility index (Phi) is 4.35. The molecule has 19 heavy (non-hydrogen) atoms. The summed E-state index contributed by atoms with van der Waals surface area (Å²) in [7, 11) is -3.64. The molecule has 0 aromatic carbocycles. The summed E-state index contributed by atoms with van der Waals surface area (Å²) in [5.74, 6) is 0. The van der Waals surface area contributed by atoms with Gasteiger partial charge in [-0.15, -0.1) is 11.3 Å². The van der Waals surface area contributed by atoms with E-state index in [-0.39, 0.29) is 10.6 Å². The molecule has 0 aliphatic heterocycles. The van der Waals surface area contributed by atoms with E-state index < -0.39 is 16.6 Å². The van der Waals surface area contributed by atoms with Crippen LogP contribution in [0.15, 0.2) is 22.4 Å². The van der Waals surface area contributed by atoms with Crippen molar-refractivity contribution >= 4 is 21.4 Å². The zero-order valence-corrected chi connectivity index (χ0v) is 12.0. The minimum absolute atomic E-state index is 0.0428. The van der Waals surface area contributed by atoms with E-state index in [0.717, 1.165) is 4.88 Å². The molecule has 2 aromatic rings. The Morgan fingerprint density at radius 1 is 1.53 bits per heavy atom. The fourth-order valence-corrected chi connectivity index (χ4v) is 3.86. The predicted molar refractivity (Wildman–Crippen MR) is 72.5 cm³/mol. The fourth-order valence-electron chi connectivity index (χ4n) is 1.77. The predicted octanol–water partition coefficient (Wildman–Crippen LogP) is 0.793. The number of aryl methyl sites for hydroxylation is 1. The molecule has 0 amide bonds. The highest BCUT2D eigenvalue weighted by Crippen LogP contribution is 2.17. The van der Waals surface area contributed by atoms with Crippen LogP contribution >= 0.6 is 11.3 Å². The van der Waals surface area contributed by atoms with Crippen LogP contribution in [0.1, 0.15) is 16.3 Å². The van der Waals surface area contributed by atoms with Crippen molar-refractivity contribution in [2.24, 2.45) is 0 Å². The van der Waals surface area contributed by atoms with Gasteiger partial charge < -0.3 is 5.11 Å². The molecular formula is C11H15N3O3S2. The molecule has 0 aliphatic carbocycles. The molecule has 6 nitrogen and oxygen atoms in total. The average Bonchev–Trinajstić information content (AvgIpc) is 2.98. The fraction of sp³-hybridized carbons (Fsp3) is 0.364. The smallest absolute Gasteiger partial charge is 0.244 e.